The summed E-state index contributed by atoms with van der Waals surface area (Å²) < 4.78 is 5.51. The summed E-state index contributed by atoms with van der Waals surface area (Å²) in [6.07, 6.45) is 5.52. The Morgan fingerprint density at radius 1 is 1.47 bits per heavy atom. The average molecular weight is 268 g/mol. The molecule has 0 radical (unpaired) electrons. The fourth-order valence-corrected chi connectivity index (χ4v) is 3.17. The van der Waals surface area contributed by atoms with Crippen LogP contribution in [-0.4, -0.2) is 37.7 Å². The van der Waals surface area contributed by atoms with Crippen LogP contribution in [0.25, 0.3) is 0 Å². The van der Waals surface area contributed by atoms with E-state index in [1.807, 2.05) is 6.92 Å². The lowest BCUT2D eigenvalue weighted by atomic mass is 9.84. The first-order chi connectivity index (χ1) is 9.19. The molecule has 2 rings (SSSR count). The molecule has 0 aromatic rings. The zero-order valence-electron chi connectivity index (χ0n) is 12.3. The zero-order chi connectivity index (χ0) is 13.7. The standard InChI is InChI=1S/C15H28N2O2/c1-3-19-14-8-13(9-14)17-15(18)7-11(2)12-5-4-6-16-10-12/h11-14,16H,3-10H2,1-2H3,(H,17,18). The Bertz CT molecular complexity index is 284. The second kappa shape index (κ2) is 7.25. The van der Waals surface area contributed by atoms with Crippen molar-refractivity contribution in [2.24, 2.45) is 11.8 Å². The zero-order valence-corrected chi connectivity index (χ0v) is 12.3. The molecule has 19 heavy (non-hydrogen) atoms. The Morgan fingerprint density at radius 2 is 2.26 bits per heavy atom. The molecule has 1 heterocycles. The van der Waals surface area contributed by atoms with E-state index in [1.54, 1.807) is 0 Å². The van der Waals surface area contributed by atoms with Gasteiger partial charge in [-0.2, -0.15) is 0 Å². The highest BCUT2D eigenvalue weighted by Crippen LogP contribution is 2.25. The summed E-state index contributed by atoms with van der Waals surface area (Å²) in [6.45, 7) is 7.21. The molecule has 2 unspecified atom stereocenters. The highest BCUT2D eigenvalue weighted by molar-refractivity contribution is 5.76. The Kier molecular flexibility index (Phi) is 5.64. The lowest BCUT2D eigenvalue weighted by Crippen LogP contribution is -2.48. The Balaban J connectivity index is 1.61. The second-order valence-corrected chi connectivity index (χ2v) is 6.10. The van der Waals surface area contributed by atoms with Crippen LogP contribution in [0, 0.1) is 11.8 Å². The van der Waals surface area contributed by atoms with Crippen molar-refractivity contribution in [3.63, 3.8) is 0 Å². The predicted octanol–water partition coefficient (Wildman–Crippen LogP) is 1.70. The smallest absolute Gasteiger partial charge is 0.220 e. The summed E-state index contributed by atoms with van der Waals surface area (Å²) in [4.78, 5) is 12.0. The first-order valence-electron chi connectivity index (χ1n) is 7.80. The molecule has 2 aliphatic rings. The summed E-state index contributed by atoms with van der Waals surface area (Å²) >= 11 is 0. The van der Waals surface area contributed by atoms with Crippen molar-refractivity contribution in [3.8, 4) is 0 Å². The summed E-state index contributed by atoms with van der Waals surface area (Å²) in [5.74, 6) is 1.37. The maximum Gasteiger partial charge on any atom is 0.220 e. The third kappa shape index (κ3) is 4.46. The van der Waals surface area contributed by atoms with Crippen LogP contribution in [0.2, 0.25) is 0 Å². The largest absolute Gasteiger partial charge is 0.378 e. The quantitative estimate of drug-likeness (QED) is 0.771. The minimum absolute atomic E-state index is 0.220. The summed E-state index contributed by atoms with van der Waals surface area (Å²) in [7, 11) is 0. The van der Waals surface area contributed by atoms with E-state index < -0.39 is 0 Å². The minimum Gasteiger partial charge on any atom is -0.378 e. The van der Waals surface area contributed by atoms with Crippen LogP contribution in [-0.2, 0) is 9.53 Å². The molecule has 0 spiro atoms. The molecule has 1 aliphatic heterocycles. The molecule has 1 saturated carbocycles. The lowest BCUT2D eigenvalue weighted by molar-refractivity contribution is -0.124. The molecule has 2 atom stereocenters. The van der Waals surface area contributed by atoms with Crippen molar-refractivity contribution < 1.29 is 9.53 Å². The average Bonchev–Trinajstić information content (AvgIpc) is 2.37. The van der Waals surface area contributed by atoms with Gasteiger partial charge in [0.2, 0.25) is 5.91 Å². The van der Waals surface area contributed by atoms with Gasteiger partial charge in [0.15, 0.2) is 0 Å². The van der Waals surface area contributed by atoms with Crippen LogP contribution in [0.3, 0.4) is 0 Å². The number of nitrogens with one attached hydrogen (secondary N) is 2. The number of hydrogen-bond donors (Lipinski definition) is 2. The molecule has 0 aromatic heterocycles. The molecule has 1 amide bonds. The van der Waals surface area contributed by atoms with Crippen LogP contribution in [0.5, 0.6) is 0 Å². The van der Waals surface area contributed by atoms with Gasteiger partial charge in [-0.05, 0) is 57.5 Å². The predicted molar refractivity (Wildman–Crippen MR) is 76.0 cm³/mol. The fourth-order valence-electron chi connectivity index (χ4n) is 3.17. The number of carbonyl (C=O) groups excluding carboxylic acids is 1. The lowest BCUT2D eigenvalue weighted by Gasteiger charge is -2.36. The van der Waals surface area contributed by atoms with Crippen LogP contribution in [0.15, 0.2) is 0 Å². The van der Waals surface area contributed by atoms with E-state index in [0.29, 0.717) is 30.4 Å². The maximum absolute atomic E-state index is 12.0. The Morgan fingerprint density at radius 3 is 2.89 bits per heavy atom. The first kappa shape index (κ1) is 14.8. The molecule has 0 aromatic carbocycles. The van der Waals surface area contributed by atoms with Gasteiger partial charge in [0, 0.05) is 19.1 Å². The Hall–Kier alpha value is -0.610. The number of hydrogen-bond acceptors (Lipinski definition) is 3. The molecule has 4 nitrogen and oxygen atoms in total. The van der Waals surface area contributed by atoms with Crippen molar-refractivity contribution >= 4 is 5.91 Å². The molecule has 1 aliphatic carbocycles. The number of ether oxygens (including phenoxy) is 1. The molecule has 4 heteroatoms. The number of piperidine rings is 1. The summed E-state index contributed by atoms with van der Waals surface area (Å²) in [6, 6.07) is 0.348. The van der Waals surface area contributed by atoms with Gasteiger partial charge in [0.05, 0.1) is 6.10 Å². The third-order valence-corrected chi connectivity index (χ3v) is 4.51. The van der Waals surface area contributed by atoms with Gasteiger partial charge in [-0.3, -0.25) is 4.79 Å². The summed E-state index contributed by atoms with van der Waals surface area (Å²) in [5.41, 5.74) is 0. The maximum atomic E-state index is 12.0. The van der Waals surface area contributed by atoms with Crippen molar-refractivity contribution in [2.45, 2.75) is 58.1 Å². The third-order valence-electron chi connectivity index (χ3n) is 4.51. The minimum atomic E-state index is 0.220. The normalized spacial score (nSPS) is 32.4. The molecule has 2 fully saturated rings. The van der Waals surface area contributed by atoms with Gasteiger partial charge < -0.3 is 15.4 Å². The molecule has 0 bridgehead atoms. The van der Waals surface area contributed by atoms with E-state index in [-0.39, 0.29) is 5.91 Å². The van der Waals surface area contributed by atoms with Crippen LogP contribution in [0.1, 0.15) is 46.0 Å². The number of rotatable bonds is 6. The van der Waals surface area contributed by atoms with Crippen molar-refractivity contribution in [1.82, 2.24) is 10.6 Å². The molecular weight excluding hydrogens is 240 g/mol. The highest BCUT2D eigenvalue weighted by Gasteiger charge is 2.31. The van der Waals surface area contributed by atoms with Crippen molar-refractivity contribution in [3.05, 3.63) is 0 Å². The van der Waals surface area contributed by atoms with Crippen LogP contribution in [0.4, 0.5) is 0 Å². The highest BCUT2D eigenvalue weighted by atomic mass is 16.5. The second-order valence-electron chi connectivity index (χ2n) is 6.10. The van der Waals surface area contributed by atoms with E-state index >= 15 is 0 Å². The van der Waals surface area contributed by atoms with Crippen molar-refractivity contribution in [2.75, 3.05) is 19.7 Å². The molecule has 1 saturated heterocycles. The van der Waals surface area contributed by atoms with Gasteiger partial charge >= 0.3 is 0 Å². The first-order valence-corrected chi connectivity index (χ1v) is 7.80. The van der Waals surface area contributed by atoms with Gasteiger partial charge in [-0.15, -0.1) is 0 Å². The van der Waals surface area contributed by atoms with Gasteiger partial charge in [0.25, 0.3) is 0 Å². The topological polar surface area (TPSA) is 50.4 Å². The van der Waals surface area contributed by atoms with E-state index in [2.05, 4.69) is 17.6 Å². The van der Waals surface area contributed by atoms with Crippen LogP contribution < -0.4 is 10.6 Å². The molecule has 110 valence electrons. The van der Waals surface area contributed by atoms with Gasteiger partial charge in [-0.25, -0.2) is 0 Å². The van der Waals surface area contributed by atoms with E-state index in [9.17, 15) is 4.79 Å². The number of carbonyl (C=O) groups is 1. The monoisotopic (exact) mass is 268 g/mol. The van der Waals surface area contributed by atoms with E-state index in [1.165, 1.54) is 12.8 Å². The SMILES string of the molecule is CCOC1CC(NC(=O)CC(C)C2CCCNC2)C1. The molecular formula is C15H28N2O2. The fraction of sp³-hybridized carbons (Fsp3) is 0.933. The number of amides is 1. The van der Waals surface area contributed by atoms with Crippen LogP contribution >= 0.6 is 0 Å². The van der Waals surface area contributed by atoms with E-state index in [4.69, 9.17) is 4.74 Å². The van der Waals surface area contributed by atoms with Gasteiger partial charge in [-0.1, -0.05) is 6.92 Å². The van der Waals surface area contributed by atoms with E-state index in [0.717, 1.165) is 32.5 Å². The Labute approximate surface area is 116 Å². The van der Waals surface area contributed by atoms with Crippen molar-refractivity contribution in [1.29, 1.82) is 0 Å². The van der Waals surface area contributed by atoms with Gasteiger partial charge in [0.1, 0.15) is 0 Å². The molecule has 2 N–H and O–H groups in total. The summed E-state index contributed by atoms with van der Waals surface area (Å²) in [5, 5.41) is 6.56.